The van der Waals surface area contributed by atoms with Crippen LogP contribution in [0.25, 0.3) is 0 Å². The van der Waals surface area contributed by atoms with Crippen molar-refractivity contribution in [2.45, 2.75) is 38.9 Å². The van der Waals surface area contributed by atoms with Gasteiger partial charge in [0, 0.05) is 19.1 Å². The summed E-state index contributed by atoms with van der Waals surface area (Å²) in [6.45, 7) is 4.14. The Balaban J connectivity index is 2.13. The summed E-state index contributed by atoms with van der Waals surface area (Å²) in [4.78, 5) is 2.38. The van der Waals surface area contributed by atoms with Crippen molar-refractivity contribution in [1.29, 1.82) is 0 Å². The Hall–Kier alpha value is -1.64. The maximum atomic E-state index is 9.74. The quantitative estimate of drug-likeness (QED) is 0.795. The van der Waals surface area contributed by atoms with Gasteiger partial charge in [0.25, 0.3) is 0 Å². The molecule has 0 aromatic heterocycles. The molecule has 1 atom stereocenters. The summed E-state index contributed by atoms with van der Waals surface area (Å²) in [5.41, 5.74) is 2.59. The van der Waals surface area contributed by atoms with Gasteiger partial charge in [-0.05, 0) is 17.5 Å². The van der Waals surface area contributed by atoms with Crippen molar-refractivity contribution in [3.05, 3.63) is 71.8 Å². The molecule has 0 fully saturated rings. The zero-order chi connectivity index (χ0) is 14.9. The smallest absolute Gasteiger partial charge is 0.0587 e. The second-order valence-electron chi connectivity index (χ2n) is 5.50. The third-order valence-corrected chi connectivity index (χ3v) is 3.81. The molecule has 0 bridgehead atoms. The first kappa shape index (κ1) is 15.7. The lowest BCUT2D eigenvalue weighted by atomic mass is 10.1. The van der Waals surface area contributed by atoms with Gasteiger partial charge in [0.1, 0.15) is 0 Å². The standard InChI is InChI=1S/C19H25NO/c1-2-9-19(16-21)20(14-17-10-5-3-6-11-17)15-18-12-7-4-8-13-18/h3-8,10-13,19,21H,2,9,14-16H2,1H3. The molecular weight excluding hydrogens is 258 g/mol. The van der Waals surface area contributed by atoms with Crippen LogP contribution in [0.5, 0.6) is 0 Å². The summed E-state index contributed by atoms with van der Waals surface area (Å²) in [5.74, 6) is 0. The molecule has 21 heavy (non-hydrogen) atoms. The van der Waals surface area contributed by atoms with Crippen LogP contribution in [0.4, 0.5) is 0 Å². The van der Waals surface area contributed by atoms with E-state index < -0.39 is 0 Å². The zero-order valence-electron chi connectivity index (χ0n) is 12.8. The molecule has 0 spiro atoms. The highest BCUT2D eigenvalue weighted by Gasteiger charge is 2.17. The number of hydrogen-bond acceptors (Lipinski definition) is 2. The van der Waals surface area contributed by atoms with E-state index in [0.29, 0.717) is 0 Å². The van der Waals surface area contributed by atoms with Crippen LogP contribution in [0.3, 0.4) is 0 Å². The number of aliphatic hydroxyl groups excluding tert-OH is 1. The maximum absolute atomic E-state index is 9.74. The van der Waals surface area contributed by atoms with E-state index in [1.807, 2.05) is 12.1 Å². The van der Waals surface area contributed by atoms with Crippen molar-refractivity contribution in [2.24, 2.45) is 0 Å². The predicted octanol–water partition coefficient (Wildman–Crippen LogP) is 3.85. The summed E-state index contributed by atoms with van der Waals surface area (Å²) < 4.78 is 0. The van der Waals surface area contributed by atoms with Crippen molar-refractivity contribution in [3.63, 3.8) is 0 Å². The Kier molecular flexibility index (Phi) is 6.45. The van der Waals surface area contributed by atoms with E-state index in [9.17, 15) is 5.11 Å². The van der Waals surface area contributed by atoms with Gasteiger partial charge in [0.15, 0.2) is 0 Å². The Bertz CT molecular complexity index is 456. The highest BCUT2D eigenvalue weighted by Crippen LogP contribution is 2.16. The SMILES string of the molecule is CCCC(CO)N(Cc1ccccc1)Cc1ccccc1. The van der Waals surface area contributed by atoms with Crippen molar-refractivity contribution < 1.29 is 5.11 Å². The molecule has 2 aromatic carbocycles. The normalized spacial score (nSPS) is 12.5. The largest absolute Gasteiger partial charge is 0.395 e. The van der Waals surface area contributed by atoms with Crippen LogP contribution in [-0.2, 0) is 13.1 Å². The van der Waals surface area contributed by atoms with E-state index in [1.165, 1.54) is 11.1 Å². The van der Waals surface area contributed by atoms with E-state index in [0.717, 1.165) is 25.9 Å². The highest BCUT2D eigenvalue weighted by atomic mass is 16.3. The van der Waals surface area contributed by atoms with Crippen molar-refractivity contribution in [1.82, 2.24) is 4.90 Å². The lowest BCUT2D eigenvalue weighted by Crippen LogP contribution is -2.37. The minimum Gasteiger partial charge on any atom is -0.395 e. The molecule has 0 saturated carbocycles. The molecule has 0 aliphatic carbocycles. The second kappa shape index (κ2) is 8.60. The van der Waals surface area contributed by atoms with E-state index in [1.54, 1.807) is 0 Å². The van der Waals surface area contributed by atoms with Gasteiger partial charge in [-0.1, -0.05) is 74.0 Å². The first-order valence-electron chi connectivity index (χ1n) is 7.76. The number of aliphatic hydroxyl groups is 1. The summed E-state index contributed by atoms with van der Waals surface area (Å²) in [5, 5.41) is 9.74. The lowest BCUT2D eigenvalue weighted by molar-refractivity contribution is 0.103. The molecule has 0 saturated heterocycles. The fourth-order valence-corrected chi connectivity index (χ4v) is 2.67. The molecule has 0 heterocycles. The third kappa shape index (κ3) is 5.00. The monoisotopic (exact) mass is 283 g/mol. The molecule has 2 rings (SSSR count). The van der Waals surface area contributed by atoms with Gasteiger partial charge < -0.3 is 5.11 Å². The van der Waals surface area contributed by atoms with E-state index >= 15 is 0 Å². The molecular formula is C19H25NO. The first-order valence-corrected chi connectivity index (χ1v) is 7.76. The van der Waals surface area contributed by atoms with Crippen LogP contribution in [0.15, 0.2) is 60.7 Å². The average molecular weight is 283 g/mol. The first-order chi connectivity index (χ1) is 10.3. The van der Waals surface area contributed by atoms with Crippen LogP contribution in [0, 0.1) is 0 Å². The van der Waals surface area contributed by atoms with Gasteiger partial charge in [-0.15, -0.1) is 0 Å². The molecule has 112 valence electrons. The predicted molar refractivity (Wildman–Crippen MR) is 87.9 cm³/mol. The number of nitrogens with zero attached hydrogens (tertiary/aromatic N) is 1. The van der Waals surface area contributed by atoms with E-state index in [4.69, 9.17) is 0 Å². The molecule has 0 radical (unpaired) electrons. The van der Waals surface area contributed by atoms with Gasteiger partial charge in [0.05, 0.1) is 6.61 Å². The van der Waals surface area contributed by atoms with E-state index in [-0.39, 0.29) is 12.6 Å². The Morgan fingerprint density at radius 3 is 1.71 bits per heavy atom. The van der Waals surface area contributed by atoms with Crippen LogP contribution in [-0.4, -0.2) is 22.7 Å². The third-order valence-electron chi connectivity index (χ3n) is 3.81. The van der Waals surface area contributed by atoms with Crippen LogP contribution in [0.1, 0.15) is 30.9 Å². The number of rotatable bonds is 8. The molecule has 1 unspecified atom stereocenters. The molecule has 2 nitrogen and oxygen atoms in total. The Labute approximate surface area is 128 Å². The van der Waals surface area contributed by atoms with Crippen molar-refractivity contribution in [3.8, 4) is 0 Å². The summed E-state index contributed by atoms with van der Waals surface area (Å²) >= 11 is 0. The van der Waals surface area contributed by atoms with Crippen molar-refractivity contribution in [2.75, 3.05) is 6.61 Å². The fraction of sp³-hybridized carbons (Fsp3) is 0.368. The Morgan fingerprint density at radius 2 is 1.33 bits per heavy atom. The molecule has 0 aliphatic heterocycles. The highest BCUT2D eigenvalue weighted by molar-refractivity contribution is 5.17. The maximum Gasteiger partial charge on any atom is 0.0587 e. The van der Waals surface area contributed by atoms with Crippen molar-refractivity contribution >= 4 is 0 Å². The van der Waals surface area contributed by atoms with Gasteiger partial charge in [0.2, 0.25) is 0 Å². The van der Waals surface area contributed by atoms with Crippen LogP contribution >= 0.6 is 0 Å². The zero-order valence-corrected chi connectivity index (χ0v) is 12.8. The molecule has 1 N–H and O–H groups in total. The molecule has 0 aliphatic rings. The minimum absolute atomic E-state index is 0.216. The van der Waals surface area contributed by atoms with Crippen LogP contribution < -0.4 is 0 Å². The average Bonchev–Trinajstić information content (AvgIpc) is 2.54. The molecule has 0 amide bonds. The minimum atomic E-state index is 0.216. The van der Waals surface area contributed by atoms with Gasteiger partial charge >= 0.3 is 0 Å². The summed E-state index contributed by atoms with van der Waals surface area (Å²) in [7, 11) is 0. The summed E-state index contributed by atoms with van der Waals surface area (Å²) in [6, 6.07) is 21.2. The van der Waals surface area contributed by atoms with Crippen LogP contribution in [0.2, 0.25) is 0 Å². The number of benzene rings is 2. The Morgan fingerprint density at radius 1 is 0.857 bits per heavy atom. The topological polar surface area (TPSA) is 23.5 Å². The van der Waals surface area contributed by atoms with E-state index in [2.05, 4.69) is 60.4 Å². The number of hydrogen-bond donors (Lipinski definition) is 1. The van der Waals surface area contributed by atoms with Gasteiger partial charge in [-0.2, -0.15) is 0 Å². The van der Waals surface area contributed by atoms with Gasteiger partial charge in [-0.3, -0.25) is 4.90 Å². The second-order valence-corrected chi connectivity index (χ2v) is 5.50. The molecule has 2 aromatic rings. The lowest BCUT2D eigenvalue weighted by Gasteiger charge is -2.30. The summed E-state index contributed by atoms with van der Waals surface area (Å²) in [6.07, 6.45) is 2.11. The fourth-order valence-electron chi connectivity index (χ4n) is 2.67. The van der Waals surface area contributed by atoms with Gasteiger partial charge in [-0.25, -0.2) is 0 Å². The molecule has 2 heteroatoms.